The number of nitrogens with two attached hydrogens (primary N) is 1. The van der Waals surface area contributed by atoms with E-state index in [1.54, 1.807) is 6.08 Å². The molecule has 0 rings (SSSR count). The number of allylic oxidation sites excluding steroid dienone is 4. The molecule has 0 aliphatic rings. The van der Waals surface area contributed by atoms with Gasteiger partial charge in [-0.3, -0.25) is 0 Å². The van der Waals surface area contributed by atoms with Gasteiger partial charge in [-0.2, -0.15) is 0 Å². The molecule has 0 aliphatic carbocycles. The van der Waals surface area contributed by atoms with Gasteiger partial charge in [-0.05, 0) is 31.4 Å². The molecule has 2 N–H and O–H groups in total. The smallest absolute Gasteiger partial charge is 0.00772 e. The molecule has 0 atom stereocenters. The lowest BCUT2D eigenvalue weighted by atomic mass is 10.1. The van der Waals surface area contributed by atoms with Crippen LogP contribution in [0.25, 0.3) is 0 Å². The van der Waals surface area contributed by atoms with Crippen LogP contribution < -0.4 is 5.73 Å². The highest BCUT2D eigenvalue weighted by molar-refractivity contribution is 5.20. The molecule has 0 radical (unpaired) electrons. The predicted octanol–water partition coefficient (Wildman–Crippen LogP) is 2.41. The molecular weight excluding hydrogens is 134 g/mol. The van der Waals surface area contributed by atoms with E-state index in [-0.39, 0.29) is 0 Å². The van der Waals surface area contributed by atoms with Gasteiger partial charge < -0.3 is 5.73 Å². The monoisotopic (exact) mass is 151 g/mol. The molecule has 0 aromatic rings. The molecule has 0 bridgehead atoms. The van der Waals surface area contributed by atoms with E-state index in [9.17, 15) is 0 Å². The van der Waals surface area contributed by atoms with Crippen molar-refractivity contribution in [2.75, 3.05) is 6.54 Å². The fourth-order valence-electron chi connectivity index (χ4n) is 0.878. The first-order valence-electron chi connectivity index (χ1n) is 3.99. The Morgan fingerprint density at radius 3 is 2.45 bits per heavy atom. The lowest BCUT2D eigenvalue weighted by Gasteiger charge is -1.98. The average molecular weight is 151 g/mol. The van der Waals surface area contributed by atoms with Crippen LogP contribution in [0.4, 0.5) is 0 Å². The van der Waals surface area contributed by atoms with Crippen LogP contribution in [-0.2, 0) is 0 Å². The van der Waals surface area contributed by atoms with E-state index >= 15 is 0 Å². The van der Waals surface area contributed by atoms with Crippen LogP contribution in [-0.4, -0.2) is 6.54 Å². The summed E-state index contributed by atoms with van der Waals surface area (Å²) >= 11 is 0. The maximum Gasteiger partial charge on any atom is -0.00772 e. The molecule has 62 valence electrons. The van der Waals surface area contributed by atoms with E-state index < -0.39 is 0 Å². The van der Waals surface area contributed by atoms with Crippen molar-refractivity contribution in [1.29, 1.82) is 0 Å². The Hall–Kier alpha value is -0.820. The minimum absolute atomic E-state index is 0.776. The van der Waals surface area contributed by atoms with Gasteiger partial charge in [-0.25, -0.2) is 0 Å². The van der Waals surface area contributed by atoms with Crippen LogP contribution in [0.3, 0.4) is 0 Å². The van der Waals surface area contributed by atoms with Crippen molar-refractivity contribution in [2.45, 2.75) is 19.3 Å². The first-order chi connectivity index (χ1) is 5.35. The fraction of sp³-hybridized carbons (Fsp3) is 0.400. The first kappa shape index (κ1) is 10.2. The third-order valence-electron chi connectivity index (χ3n) is 1.51. The van der Waals surface area contributed by atoms with Crippen LogP contribution in [0.1, 0.15) is 19.3 Å². The molecule has 0 aliphatic heterocycles. The van der Waals surface area contributed by atoms with Crippen molar-refractivity contribution in [3.05, 3.63) is 37.0 Å². The zero-order valence-corrected chi connectivity index (χ0v) is 7.05. The Kier molecular flexibility index (Phi) is 6.75. The van der Waals surface area contributed by atoms with Crippen molar-refractivity contribution in [3.63, 3.8) is 0 Å². The highest BCUT2D eigenvalue weighted by Crippen LogP contribution is 2.07. The molecule has 0 heterocycles. The van der Waals surface area contributed by atoms with Gasteiger partial charge in [0.2, 0.25) is 0 Å². The summed E-state index contributed by atoms with van der Waals surface area (Å²) in [6.45, 7) is 8.12. The van der Waals surface area contributed by atoms with Crippen LogP contribution in [0, 0.1) is 0 Å². The van der Waals surface area contributed by atoms with Crippen molar-refractivity contribution >= 4 is 0 Å². The highest BCUT2D eigenvalue weighted by Gasteiger charge is 1.89. The largest absolute Gasteiger partial charge is 0.330 e. The normalized spacial score (nSPS) is 11.2. The van der Waals surface area contributed by atoms with E-state index in [0.29, 0.717) is 0 Å². The molecular formula is C10H17N. The van der Waals surface area contributed by atoms with Crippen LogP contribution in [0.2, 0.25) is 0 Å². The van der Waals surface area contributed by atoms with Gasteiger partial charge in [-0.1, -0.05) is 31.4 Å². The van der Waals surface area contributed by atoms with Gasteiger partial charge in [0.05, 0.1) is 0 Å². The second kappa shape index (κ2) is 7.29. The Bertz CT molecular complexity index is 145. The third kappa shape index (κ3) is 5.62. The maximum absolute atomic E-state index is 5.36. The standard InChI is InChI=1S/C10H17N/c1-3-7-10(4-2)8-5-6-9-11/h3-4,7H,1-2,5-6,8-9,11H2/b10-7+. The van der Waals surface area contributed by atoms with E-state index in [2.05, 4.69) is 13.2 Å². The molecule has 1 nitrogen and oxygen atoms in total. The highest BCUT2D eigenvalue weighted by atomic mass is 14.5. The Morgan fingerprint density at radius 1 is 1.27 bits per heavy atom. The summed E-state index contributed by atoms with van der Waals surface area (Å²) in [7, 11) is 0. The van der Waals surface area contributed by atoms with E-state index in [1.807, 2.05) is 12.2 Å². The Balaban J connectivity index is 3.60. The van der Waals surface area contributed by atoms with Crippen molar-refractivity contribution in [3.8, 4) is 0 Å². The zero-order chi connectivity index (χ0) is 8.53. The second-order valence-electron chi connectivity index (χ2n) is 2.43. The minimum atomic E-state index is 0.776. The summed E-state index contributed by atoms with van der Waals surface area (Å²) in [5.74, 6) is 0. The van der Waals surface area contributed by atoms with E-state index in [1.165, 1.54) is 5.57 Å². The van der Waals surface area contributed by atoms with Crippen molar-refractivity contribution in [1.82, 2.24) is 0 Å². The quantitative estimate of drug-likeness (QED) is 0.458. The first-order valence-corrected chi connectivity index (χ1v) is 3.99. The predicted molar refractivity (Wildman–Crippen MR) is 51.4 cm³/mol. The molecule has 0 saturated carbocycles. The van der Waals surface area contributed by atoms with Crippen LogP contribution in [0.5, 0.6) is 0 Å². The lowest BCUT2D eigenvalue weighted by molar-refractivity contribution is 0.747. The second-order valence-corrected chi connectivity index (χ2v) is 2.43. The van der Waals surface area contributed by atoms with Gasteiger partial charge in [0.15, 0.2) is 0 Å². The molecule has 0 spiro atoms. The van der Waals surface area contributed by atoms with Gasteiger partial charge in [0.25, 0.3) is 0 Å². The topological polar surface area (TPSA) is 26.0 Å². The molecule has 0 unspecified atom stereocenters. The van der Waals surface area contributed by atoms with Crippen LogP contribution in [0.15, 0.2) is 37.0 Å². The van der Waals surface area contributed by atoms with Gasteiger partial charge in [0, 0.05) is 0 Å². The summed E-state index contributed by atoms with van der Waals surface area (Å²) < 4.78 is 0. The summed E-state index contributed by atoms with van der Waals surface area (Å²) in [4.78, 5) is 0. The zero-order valence-electron chi connectivity index (χ0n) is 7.05. The van der Waals surface area contributed by atoms with E-state index in [0.717, 1.165) is 25.8 Å². The molecule has 11 heavy (non-hydrogen) atoms. The summed E-state index contributed by atoms with van der Waals surface area (Å²) in [5.41, 5.74) is 6.61. The van der Waals surface area contributed by atoms with Gasteiger partial charge in [0.1, 0.15) is 0 Å². The number of rotatable bonds is 6. The third-order valence-corrected chi connectivity index (χ3v) is 1.51. The average Bonchev–Trinajstić information content (AvgIpc) is 2.03. The number of hydrogen-bond acceptors (Lipinski definition) is 1. The molecule has 0 aromatic carbocycles. The summed E-state index contributed by atoms with van der Waals surface area (Å²) in [6.07, 6.45) is 8.94. The summed E-state index contributed by atoms with van der Waals surface area (Å²) in [5, 5.41) is 0. The fourth-order valence-corrected chi connectivity index (χ4v) is 0.878. The molecule has 0 fully saturated rings. The maximum atomic E-state index is 5.36. The number of hydrogen-bond donors (Lipinski definition) is 1. The molecule has 0 amide bonds. The SMILES string of the molecule is C=C/C=C(\C=C)CCCCN. The Labute approximate surface area is 69.3 Å². The van der Waals surface area contributed by atoms with Crippen molar-refractivity contribution < 1.29 is 0 Å². The van der Waals surface area contributed by atoms with Gasteiger partial charge >= 0.3 is 0 Å². The number of unbranched alkanes of at least 4 members (excludes halogenated alkanes) is 1. The molecule has 0 aromatic heterocycles. The minimum Gasteiger partial charge on any atom is -0.330 e. The molecule has 0 saturated heterocycles. The molecule has 1 heteroatoms. The lowest BCUT2D eigenvalue weighted by Crippen LogP contribution is -1.97. The van der Waals surface area contributed by atoms with E-state index in [4.69, 9.17) is 5.73 Å². The van der Waals surface area contributed by atoms with Gasteiger partial charge in [-0.15, -0.1) is 0 Å². The van der Waals surface area contributed by atoms with Crippen LogP contribution >= 0.6 is 0 Å². The summed E-state index contributed by atoms with van der Waals surface area (Å²) in [6, 6.07) is 0. The van der Waals surface area contributed by atoms with Crippen molar-refractivity contribution in [2.24, 2.45) is 5.73 Å². The Morgan fingerprint density at radius 2 is 2.00 bits per heavy atom.